The Balaban J connectivity index is 2.01. The molecule has 1 unspecified atom stereocenters. The summed E-state index contributed by atoms with van der Waals surface area (Å²) in [5.74, 6) is -0.884. The molecule has 0 aliphatic heterocycles. The van der Waals surface area contributed by atoms with Crippen molar-refractivity contribution < 1.29 is 27.1 Å². The number of hydrogen-bond acceptors (Lipinski definition) is 5. The van der Waals surface area contributed by atoms with E-state index in [-0.39, 0.29) is 29.1 Å². The molecule has 3 aromatic carbocycles. The molecule has 0 bridgehead atoms. The summed E-state index contributed by atoms with van der Waals surface area (Å²) in [6, 6.07) is 17.1. The first-order valence-corrected chi connectivity index (χ1v) is 13.9. The Hall–Kier alpha value is -3.92. The van der Waals surface area contributed by atoms with Gasteiger partial charge in [-0.1, -0.05) is 29.8 Å². The Morgan fingerprint density at radius 2 is 1.51 bits per heavy atom. The van der Waals surface area contributed by atoms with E-state index in [2.05, 4.69) is 5.32 Å². The van der Waals surface area contributed by atoms with Crippen molar-refractivity contribution in [2.45, 2.75) is 51.2 Å². The number of methoxy groups -OCH3 is 1. The van der Waals surface area contributed by atoms with Gasteiger partial charge in [0, 0.05) is 12.6 Å². The van der Waals surface area contributed by atoms with E-state index in [0.717, 1.165) is 27.6 Å². The molecule has 39 heavy (non-hydrogen) atoms. The lowest BCUT2D eigenvalue weighted by atomic mass is 10.1. The maximum absolute atomic E-state index is 13.8. The fraction of sp³-hybridized carbons (Fsp3) is 0.310. The summed E-state index contributed by atoms with van der Waals surface area (Å²) < 4.78 is 47.3. The van der Waals surface area contributed by atoms with Gasteiger partial charge in [0.15, 0.2) is 0 Å². The third-order valence-electron chi connectivity index (χ3n) is 6.11. The van der Waals surface area contributed by atoms with Crippen molar-refractivity contribution in [3.63, 3.8) is 0 Å². The molecule has 0 fully saturated rings. The Morgan fingerprint density at radius 3 is 2.05 bits per heavy atom. The molecule has 0 aliphatic carbocycles. The van der Waals surface area contributed by atoms with Crippen LogP contribution in [0, 0.1) is 12.7 Å². The highest BCUT2D eigenvalue weighted by Gasteiger charge is 2.32. The van der Waals surface area contributed by atoms with Crippen LogP contribution in [0.3, 0.4) is 0 Å². The molecule has 0 aromatic heterocycles. The summed E-state index contributed by atoms with van der Waals surface area (Å²) in [6.45, 7) is 6.50. The molecular formula is C29H34FN3O5S. The summed E-state index contributed by atoms with van der Waals surface area (Å²) in [5, 5.41) is 2.81. The number of carbonyl (C=O) groups is 2. The van der Waals surface area contributed by atoms with Gasteiger partial charge in [0.05, 0.1) is 17.7 Å². The molecule has 0 aliphatic rings. The van der Waals surface area contributed by atoms with Crippen molar-refractivity contribution in [1.82, 2.24) is 10.2 Å². The standard InChI is InChI=1S/C29H34FN3O5S/c1-20(2)31-29(35)22(4)32(18-23-8-14-26(38-5)15-9-23)28(34)19-33(25-12-10-24(30)11-13-25)39(36,37)27-16-6-21(3)7-17-27/h6-17,20,22H,18-19H2,1-5H3,(H,31,35). The van der Waals surface area contributed by atoms with Crippen molar-refractivity contribution in [1.29, 1.82) is 0 Å². The van der Waals surface area contributed by atoms with Crippen molar-refractivity contribution in [2.24, 2.45) is 0 Å². The molecule has 0 spiro atoms. The van der Waals surface area contributed by atoms with Gasteiger partial charge in [0.1, 0.15) is 24.2 Å². The average molecular weight is 556 g/mol. The van der Waals surface area contributed by atoms with Gasteiger partial charge in [0.2, 0.25) is 11.8 Å². The van der Waals surface area contributed by atoms with E-state index in [4.69, 9.17) is 4.74 Å². The molecule has 0 saturated heterocycles. The molecular weight excluding hydrogens is 521 g/mol. The van der Waals surface area contributed by atoms with Gasteiger partial charge in [0.25, 0.3) is 10.0 Å². The first-order chi connectivity index (χ1) is 18.4. The van der Waals surface area contributed by atoms with Crippen LogP contribution in [0.4, 0.5) is 10.1 Å². The molecule has 2 amide bonds. The summed E-state index contributed by atoms with van der Waals surface area (Å²) in [4.78, 5) is 28.1. The minimum absolute atomic E-state index is 0.0162. The number of nitrogens with one attached hydrogen (secondary N) is 1. The molecule has 3 rings (SSSR count). The second-order valence-corrected chi connectivity index (χ2v) is 11.4. The third-order valence-corrected chi connectivity index (χ3v) is 7.90. The van der Waals surface area contributed by atoms with E-state index in [1.165, 1.54) is 29.2 Å². The number of benzene rings is 3. The van der Waals surface area contributed by atoms with E-state index in [9.17, 15) is 22.4 Å². The number of nitrogens with zero attached hydrogens (tertiary/aromatic N) is 2. The molecule has 208 valence electrons. The molecule has 0 radical (unpaired) electrons. The Labute approximate surface area is 229 Å². The molecule has 1 atom stereocenters. The number of halogens is 1. The molecule has 10 heteroatoms. The fourth-order valence-corrected chi connectivity index (χ4v) is 5.30. The molecule has 0 saturated carbocycles. The van der Waals surface area contributed by atoms with Crippen molar-refractivity contribution in [2.75, 3.05) is 18.0 Å². The average Bonchev–Trinajstić information content (AvgIpc) is 2.90. The van der Waals surface area contributed by atoms with E-state index in [0.29, 0.717) is 5.75 Å². The zero-order valence-electron chi connectivity index (χ0n) is 22.7. The second kappa shape index (κ2) is 12.8. The van der Waals surface area contributed by atoms with Crippen LogP contribution < -0.4 is 14.4 Å². The van der Waals surface area contributed by atoms with Crippen LogP contribution in [-0.2, 0) is 26.2 Å². The van der Waals surface area contributed by atoms with Gasteiger partial charge >= 0.3 is 0 Å². The van der Waals surface area contributed by atoms with Crippen molar-refractivity contribution >= 4 is 27.5 Å². The minimum Gasteiger partial charge on any atom is -0.497 e. The Morgan fingerprint density at radius 1 is 0.923 bits per heavy atom. The van der Waals surface area contributed by atoms with Gasteiger partial charge in [-0.2, -0.15) is 0 Å². The Bertz CT molecular complexity index is 1380. The van der Waals surface area contributed by atoms with E-state index >= 15 is 0 Å². The van der Waals surface area contributed by atoms with Crippen LogP contribution in [0.5, 0.6) is 5.75 Å². The van der Waals surface area contributed by atoms with E-state index in [1.54, 1.807) is 50.4 Å². The highest BCUT2D eigenvalue weighted by atomic mass is 32.2. The largest absolute Gasteiger partial charge is 0.497 e. The summed E-state index contributed by atoms with van der Waals surface area (Å²) in [6.07, 6.45) is 0. The topological polar surface area (TPSA) is 96.0 Å². The minimum atomic E-state index is -4.21. The number of carbonyl (C=O) groups excluding carboxylic acids is 2. The first-order valence-electron chi connectivity index (χ1n) is 12.5. The Kier molecular flexibility index (Phi) is 9.69. The molecule has 0 heterocycles. The van der Waals surface area contributed by atoms with Gasteiger partial charge in [-0.25, -0.2) is 12.8 Å². The number of sulfonamides is 1. The SMILES string of the molecule is COc1ccc(CN(C(=O)CN(c2ccc(F)cc2)S(=O)(=O)c2ccc(C)cc2)C(C)C(=O)NC(C)C)cc1. The summed E-state index contributed by atoms with van der Waals surface area (Å²) in [7, 11) is -2.67. The van der Waals surface area contributed by atoms with Gasteiger partial charge in [-0.05, 0) is 81.8 Å². The van der Waals surface area contributed by atoms with Gasteiger partial charge in [-0.3, -0.25) is 13.9 Å². The maximum atomic E-state index is 13.8. The predicted octanol–water partition coefficient (Wildman–Crippen LogP) is 4.28. The number of rotatable bonds is 11. The molecule has 3 aromatic rings. The van der Waals surface area contributed by atoms with Crippen LogP contribution in [-0.4, -0.2) is 50.9 Å². The number of anilines is 1. The first kappa shape index (κ1) is 29.6. The summed E-state index contributed by atoms with van der Waals surface area (Å²) >= 11 is 0. The lowest BCUT2D eigenvalue weighted by molar-refractivity contribution is -0.139. The number of amides is 2. The fourth-order valence-electron chi connectivity index (χ4n) is 3.89. The van der Waals surface area contributed by atoms with Crippen LogP contribution in [0.15, 0.2) is 77.7 Å². The monoisotopic (exact) mass is 555 g/mol. The van der Waals surface area contributed by atoms with E-state index in [1.807, 2.05) is 20.8 Å². The highest BCUT2D eigenvalue weighted by molar-refractivity contribution is 7.92. The highest BCUT2D eigenvalue weighted by Crippen LogP contribution is 2.25. The van der Waals surface area contributed by atoms with Crippen LogP contribution >= 0.6 is 0 Å². The van der Waals surface area contributed by atoms with E-state index < -0.39 is 34.3 Å². The second-order valence-electron chi connectivity index (χ2n) is 9.51. The van der Waals surface area contributed by atoms with Crippen molar-refractivity contribution in [3.8, 4) is 5.75 Å². The quantitative estimate of drug-likeness (QED) is 0.381. The smallest absolute Gasteiger partial charge is 0.264 e. The van der Waals surface area contributed by atoms with Crippen LogP contribution in [0.2, 0.25) is 0 Å². The lowest BCUT2D eigenvalue weighted by Gasteiger charge is -2.32. The zero-order chi connectivity index (χ0) is 28.7. The number of hydrogen-bond donors (Lipinski definition) is 1. The lowest BCUT2D eigenvalue weighted by Crippen LogP contribution is -2.52. The zero-order valence-corrected chi connectivity index (χ0v) is 23.5. The predicted molar refractivity (Wildman–Crippen MR) is 148 cm³/mol. The number of ether oxygens (including phenoxy) is 1. The molecule has 1 N–H and O–H groups in total. The van der Waals surface area contributed by atoms with Crippen LogP contribution in [0.25, 0.3) is 0 Å². The summed E-state index contributed by atoms with van der Waals surface area (Å²) in [5.41, 5.74) is 1.71. The normalized spacial score (nSPS) is 12.1. The number of aryl methyl sites for hydroxylation is 1. The molecule has 8 nitrogen and oxygen atoms in total. The third kappa shape index (κ3) is 7.57. The van der Waals surface area contributed by atoms with Crippen molar-refractivity contribution in [3.05, 3.63) is 89.7 Å². The van der Waals surface area contributed by atoms with Gasteiger partial charge < -0.3 is 15.0 Å². The van der Waals surface area contributed by atoms with Gasteiger partial charge in [-0.15, -0.1) is 0 Å². The van der Waals surface area contributed by atoms with Crippen LogP contribution in [0.1, 0.15) is 31.9 Å². The maximum Gasteiger partial charge on any atom is 0.264 e.